The molecule has 0 heterocycles. The average Bonchev–Trinajstić information content (AvgIpc) is 2.36. The third-order valence-electron chi connectivity index (χ3n) is 2.69. The highest BCUT2D eigenvalue weighted by atomic mass is 32.2. The highest BCUT2D eigenvalue weighted by molar-refractivity contribution is 7.92. The summed E-state index contributed by atoms with van der Waals surface area (Å²) >= 11 is 0. The van der Waals surface area contributed by atoms with E-state index in [0.29, 0.717) is 18.2 Å². The van der Waals surface area contributed by atoms with Gasteiger partial charge in [0.25, 0.3) is 0 Å². The summed E-state index contributed by atoms with van der Waals surface area (Å²) in [5.74, 6) is 0.238. The van der Waals surface area contributed by atoms with Gasteiger partial charge in [0.15, 0.2) is 0 Å². The SMILES string of the molecule is CC(C)CNC(=O)CCN(c1ccccc1)S(C)(=O)=O. The summed E-state index contributed by atoms with van der Waals surface area (Å²) in [6.45, 7) is 4.76. The van der Waals surface area contributed by atoms with Gasteiger partial charge in [-0.15, -0.1) is 0 Å². The average molecular weight is 298 g/mol. The van der Waals surface area contributed by atoms with Gasteiger partial charge in [-0.3, -0.25) is 9.10 Å². The number of benzene rings is 1. The predicted molar refractivity (Wildman–Crippen MR) is 81.1 cm³/mol. The molecule has 5 nitrogen and oxygen atoms in total. The van der Waals surface area contributed by atoms with Gasteiger partial charge >= 0.3 is 0 Å². The van der Waals surface area contributed by atoms with Gasteiger partial charge in [0, 0.05) is 19.5 Å². The van der Waals surface area contributed by atoms with Gasteiger partial charge in [-0.25, -0.2) is 8.42 Å². The number of sulfonamides is 1. The van der Waals surface area contributed by atoms with Crippen LogP contribution in [0, 0.1) is 5.92 Å². The number of nitrogens with zero attached hydrogens (tertiary/aromatic N) is 1. The smallest absolute Gasteiger partial charge is 0.232 e. The molecule has 0 fully saturated rings. The second-order valence-electron chi connectivity index (χ2n) is 5.12. The van der Waals surface area contributed by atoms with Crippen LogP contribution >= 0.6 is 0 Å². The molecule has 0 aliphatic rings. The molecule has 0 aliphatic heterocycles. The second-order valence-corrected chi connectivity index (χ2v) is 7.03. The first kappa shape index (κ1) is 16.5. The van der Waals surface area contributed by atoms with Crippen molar-refractivity contribution < 1.29 is 13.2 Å². The number of para-hydroxylation sites is 1. The lowest BCUT2D eigenvalue weighted by Gasteiger charge is -2.22. The molecular formula is C14H22N2O3S. The Hall–Kier alpha value is -1.56. The van der Waals surface area contributed by atoms with Gasteiger partial charge in [-0.2, -0.15) is 0 Å². The van der Waals surface area contributed by atoms with Crippen molar-refractivity contribution in [1.82, 2.24) is 5.32 Å². The van der Waals surface area contributed by atoms with Crippen LogP contribution < -0.4 is 9.62 Å². The molecule has 0 spiro atoms. The molecule has 0 unspecified atom stereocenters. The number of hydrogen-bond donors (Lipinski definition) is 1. The van der Waals surface area contributed by atoms with Crippen molar-refractivity contribution in [2.75, 3.05) is 23.7 Å². The quantitative estimate of drug-likeness (QED) is 0.831. The first-order chi connectivity index (χ1) is 9.30. The first-order valence-corrected chi connectivity index (χ1v) is 8.45. The van der Waals surface area contributed by atoms with Crippen molar-refractivity contribution in [3.05, 3.63) is 30.3 Å². The molecule has 0 radical (unpaired) electrons. The summed E-state index contributed by atoms with van der Waals surface area (Å²) in [5.41, 5.74) is 0.576. The van der Waals surface area contributed by atoms with Crippen molar-refractivity contribution in [2.45, 2.75) is 20.3 Å². The van der Waals surface area contributed by atoms with Crippen LogP contribution in [0.15, 0.2) is 30.3 Å². The maximum Gasteiger partial charge on any atom is 0.232 e. The molecule has 0 aromatic heterocycles. The van der Waals surface area contributed by atoms with Gasteiger partial charge in [-0.05, 0) is 18.1 Å². The molecular weight excluding hydrogens is 276 g/mol. The molecule has 0 aliphatic carbocycles. The Balaban J connectivity index is 2.67. The molecule has 0 saturated heterocycles. The molecule has 112 valence electrons. The van der Waals surface area contributed by atoms with Crippen molar-refractivity contribution in [2.24, 2.45) is 5.92 Å². The van der Waals surface area contributed by atoms with E-state index >= 15 is 0 Å². The predicted octanol–water partition coefficient (Wildman–Crippen LogP) is 1.61. The highest BCUT2D eigenvalue weighted by Crippen LogP contribution is 2.16. The zero-order chi connectivity index (χ0) is 15.2. The zero-order valence-corrected chi connectivity index (χ0v) is 13.0. The third-order valence-corrected chi connectivity index (χ3v) is 3.89. The van der Waals surface area contributed by atoms with E-state index in [1.165, 1.54) is 4.31 Å². The molecule has 0 saturated carbocycles. The number of nitrogens with one attached hydrogen (secondary N) is 1. The number of carbonyl (C=O) groups is 1. The lowest BCUT2D eigenvalue weighted by molar-refractivity contribution is -0.121. The Bertz CT molecular complexity index is 527. The minimum Gasteiger partial charge on any atom is -0.356 e. The lowest BCUT2D eigenvalue weighted by Crippen LogP contribution is -2.35. The molecule has 1 N–H and O–H groups in total. The number of rotatable bonds is 7. The molecule has 0 bridgehead atoms. The first-order valence-electron chi connectivity index (χ1n) is 6.60. The van der Waals surface area contributed by atoms with Gasteiger partial charge in [0.1, 0.15) is 0 Å². The summed E-state index contributed by atoms with van der Waals surface area (Å²) < 4.78 is 24.9. The fourth-order valence-electron chi connectivity index (χ4n) is 1.69. The van der Waals surface area contributed by atoms with Crippen LogP contribution in [-0.4, -0.2) is 33.7 Å². The van der Waals surface area contributed by atoms with Crippen LogP contribution in [0.2, 0.25) is 0 Å². The fraction of sp³-hybridized carbons (Fsp3) is 0.500. The summed E-state index contributed by atoms with van der Waals surface area (Å²) in [5, 5.41) is 2.78. The Morgan fingerprint density at radius 1 is 1.25 bits per heavy atom. The van der Waals surface area contributed by atoms with Crippen LogP contribution in [0.5, 0.6) is 0 Å². The van der Waals surface area contributed by atoms with E-state index in [2.05, 4.69) is 5.32 Å². The van der Waals surface area contributed by atoms with E-state index < -0.39 is 10.0 Å². The van der Waals surface area contributed by atoms with E-state index in [1.54, 1.807) is 24.3 Å². The monoisotopic (exact) mass is 298 g/mol. The number of amides is 1. The van der Waals surface area contributed by atoms with E-state index in [0.717, 1.165) is 6.26 Å². The van der Waals surface area contributed by atoms with E-state index in [4.69, 9.17) is 0 Å². The molecule has 1 aromatic carbocycles. The summed E-state index contributed by atoms with van der Waals surface area (Å²) in [6, 6.07) is 8.79. The number of hydrogen-bond acceptors (Lipinski definition) is 3. The van der Waals surface area contributed by atoms with Crippen LogP contribution in [0.4, 0.5) is 5.69 Å². The minimum atomic E-state index is -3.39. The summed E-state index contributed by atoms with van der Waals surface area (Å²) in [7, 11) is -3.39. The van der Waals surface area contributed by atoms with Crippen molar-refractivity contribution in [3.8, 4) is 0 Å². The lowest BCUT2D eigenvalue weighted by atomic mass is 10.2. The zero-order valence-electron chi connectivity index (χ0n) is 12.2. The maximum absolute atomic E-state index is 11.8. The second kappa shape index (κ2) is 7.28. The largest absolute Gasteiger partial charge is 0.356 e. The van der Waals surface area contributed by atoms with Crippen molar-refractivity contribution >= 4 is 21.6 Å². The van der Waals surface area contributed by atoms with Crippen molar-refractivity contribution in [3.63, 3.8) is 0 Å². The maximum atomic E-state index is 11.8. The van der Waals surface area contributed by atoms with Crippen LogP contribution in [0.25, 0.3) is 0 Å². The van der Waals surface area contributed by atoms with Gasteiger partial charge < -0.3 is 5.32 Å². The third kappa shape index (κ3) is 5.61. The van der Waals surface area contributed by atoms with Crippen LogP contribution in [0.3, 0.4) is 0 Å². The topological polar surface area (TPSA) is 66.5 Å². The minimum absolute atomic E-state index is 0.136. The number of anilines is 1. The normalized spacial score (nSPS) is 11.4. The molecule has 1 rings (SSSR count). The van der Waals surface area contributed by atoms with Crippen molar-refractivity contribution in [1.29, 1.82) is 0 Å². The molecule has 1 amide bonds. The fourth-order valence-corrected chi connectivity index (χ4v) is 2.62. The Morgan fingerprint density at radius 3 is 2.35 bits per heavy atom. The van der Waals surface area contributed by atoms with Gasteiger partial charge in [0.2, 0.25) is 15.9 Å². The van der Waals surface area contributed by atoms with E-state index in [1.807, 2.05) is 19.9 Å². The van der Waals surface area contributed by atoms with E-state index in [9.17, 15) is 13.2 Å². The molecule has 6 heteroatoms. The van der Waals surface area contributed by atoms with E-state index in [-0.39, 0.29) is 18.9 Å². The Kier molecular flexibility index (Phi) is 6.01. The summed E-state index contributed by atoms with van der Waals surface area (Å²) in [6.07, 6.45) is 1.29. The molecule has 20 heavy (non-hydrogen) atoms. The summed E-state index contributed by atoms with van der Waals surface area (Å²) in [4.78, 5) is 11.7. The molecule has 0 atom stereocenters. The standard InChI is InChI=1S/C14H22N2O3S/c1-12(2)11-15-14(17)9-10-16(20(3,18)19)13-7-5-4-6-8-13/h4-8,12H,9-11H2,1-3H3,(H,15,17). The van der Waals surface area contributed by atoms with Crippen LogP contribution in [0.1, 0.15) is 20.3 Å². The Labute approximate surface area is 121 Å². The Morgan fingerprint density at radius 2 is 1.85 bits per heavy atom. The highest BCUT2D eigenvalue weighted by Gasteiger charge is 2.18. The van der Waals surface area contributed by atoms with Gasteiger partial charge in [0.05, 0.1) is 11.9 Å². The van der Waals surface area contributed by atoms with Crippen LogP contribution in [-0.2, 0) is 14.8 Å². The number of carbonyl (C=O) groups excluding carboxylic acids is 1. The van der Waals surface area contributed by atoms with Gasteiger partial charge in [-0.1, -0.05) is 32.0 Å². The molecule has 1 aromatic rings.